The average Bonchev–Trinajstić information content (AvgIpc) is 3.48. The lowest BCUT2D eigenvalue weighted by molar-refractivity contribution is -0.680. The van der Waals surface area contributed by atoms with Crippen molar-refractivity contribution in [1.29, 1.82) is 0 Å². The van der Waals surface area contributed by atoms with Gasteiger partial charge < -0.3 is 4.90 Å². The number of anilines is 1. The number of thioether (sulfide) groups is 1. The fraction of sp³-hybridized carbons (Fsp3) is 0.405. The third kappa shape index (κ3) is 7.00. The molecule has 0 amide bonds. The lowest BCUT2D eigenvalue weighted by Crippen LogP contribution is -2.38. The summed E-state index contributed by atoms with van der Waals surface area (Å²) in [5.41, 5.74) is 6.32. The first-order valence-corrected chi connectivity index (χ1v) is 16.8. The smallest absolute Gasteiger partial charge is 0.338 e. The number of fused-ring (bicyclic) bond motifs is 2. The molecule has 0 unspecified atom stereocenters. The SMILES string of the molecule is CCCCCCCCCCCCn1c(-c2cc(/C=C\C=C3\Sc4ccccc4N3C)cc[n+]2C)[n+](C)c2ccccc21. The van der Waals surface area contributed by atoms with Crippen LogP contribution in [0.25, 0.3) is 28.6 Å². The Labute approximate surface area is 257 Å². The van der Waals surface area contributed by atoms with Crippen molar-refractivity contribution in [2.45, 2.75) is 82.6 Å². The maximum atomic E-state index is 2.55. The van der Waals surface area contributed by atoms with Crippen molar-refractivity contribution in [3.63, 3.8) is 0 Å². The van der Waals surface area contributed by atoms with E-state index in [0.717, 1.165) is 6.54 Å². The van der Waals surface area contributed by atoms with Gasteiger partial charge in [0, 0.05) is 24.1 Å². The molecule has 1 aliphatic rings. The first kappa shape index (κ1) is 30.2. The Balaban J connectivity index is 1.30. The number of allylic oxidation sites excluding steroid dienone is 2. The van der Waals surface area contributed by atoms with Crippen LogP contribution in [0, 0.1) is 0 Å². The van der Waals surface area contributed by atoms with Crippen molar-refractivity contribution >= 4 is 34.6 Å². The summed E-state index contributed by atoms with van der Waals surface area (Å²) in [5, 5.41) is 1.25. The molecule has 0 saturated heterocycles. The number of aryl methyl sites for hydroxylation is 3. The maximum Gasteiger partial charge on any atom is 0.355 e. The Hall–Kier alpha value is -3.31. The molecule has 0 aliphatic carbocycles. The molecule has 4 nitrogen and oxygen atoms in total. The van der Waals surface area contributed by atoms with Gasteiger partial charge in [-0.25, -0.2) is 9.13 Å². The molecule has 4 aromatic rings. The Bertz CT molecular complexity index is 1550. The fourth-order valence-electron chi connectivity index (χ4n) is 6.10. The summed E-state index contributed by atoms with van der Waals surface area (Å²) in [6.07, 6.45) is 22.4. The van der Waals surface area contributed by atoms with E-state index in [1.807, 2.05) is 11.8 Å². The van der Waals surface area contributed by atoms with Gasteiger partial charge >= 0.3 is 5.82 Å². The van der Waals surface area contributed by atoms with Crippen molar-refractivity contribution in [2.75, 3.05) is 11.9 Å². The van der Waals surface area contributed by atoms with Crippen molar-refractivity contribution < 1.29 is 9.13 Å². The zero-order chi connectivity index (χ0) is 29.3. The minimum absolute atomic E-state index is 1.05. The zero-order valence-corrected chi connectivity index (χ0v) is 26.9. The molecule has 5 rings (SSSR count). The highest BCUT2D eigenvalue weighted by atomic mass is 32.2. The topological polar surface area (TPSA) is 15.9 Å². The highest BCUT2D eigenvalue weighted by Gasteiger charge is 2.30. The molecule has 0 fully saturated rings. The van der Waals surface area contributed by atoms with E-state index in [0.29, 0.717) is 0 Å². The van der Waals surface area contributed by atoms with Crippen LogP contribution in [0.2, 0.25) is 0 Å². The Morgan fingerprint density at radius 2 is 1.50 bits per heavy atom. The predicted molar refractivity (Wildman–Crippen MR) is 179 cm³/mol. The first-order chi connectivity index (χ1) is 20.6. The average molecular weight is 581 g/mol. The van der Waals surface area contributed by atoms with E-state index in [1.165, 1.54) is 108 Å². The van der Waals surface area contributed by atoms with Crippen molar-refractivity contribution in [3.8, 4) is 11.5 Å². The molecule has 1 aliphatic heterocycles. The number of imidazole rings is 1. The summed E-state index contributed by atoms with van der Waals surface area (Å²) in [6, 6.07) is 22.0. The van der Waals surface area contributed by atoms with Crippen LogP contribution in [0.5, 0.6) is 0 Å². The summed E-state index contributed by atoms with van der Waals surface area (Å²) in [4.78, 5) is 3.59. The molecule has 0 N–H and O–H groups in total. The number of pyridine rings is 1. The van der Waals surface area contributed by atoms with Gasteiger partial charge in [-0.05, 0) is 48.7 Å². The number of hydrogen-bond donors (Lipinski definition) is 0. The minimum atomic E-state index is 1.05. The van der Waals surface area contributed by atoms with E-state index in [4.69, 9.17) is 0 Å². The van der Waals surface area contributed by atoms with Gasteiger partial charge in [-0.1, -0.05) is 106 Å². The number of unbranched alkanes of at least 4 members (excludes halogenated alkanes) is 9. The normalized spacial score (nSPS) is 14.1. The van der Waals surface area contributed by atoms with E-state index < -0.39 is 0 Å². The molecule has 220 valence electrons. The fourth-order valence-corrected chi connectivity index (χ4v) is 7.16. The molecule has 3 heterocycles. The van der Waals surface area contributed by atoms with Crippen molar-refractivity contribution in [1.82, 2.24) is 4.57 Å². The molecule has 5 heteroatoms. The zero-order valence-electron chi connectivity index (χ0n) is 26.1. The van der Waals surface area contributed by atoms with Crippen molar-refractivity contribution in [3.05, 3.63) is 89.6 Å². The second-order valence-corrected chi connectivity index (χ2v) is 12.7. The van der Waals surface area contributed by atoms with Crippen LogP contribution in [-0.2, 0) is 20.6 Å². The highest BCUT2D eigenvalue weighted by molar-refractivity contribution is 8.03. The number of nitrogens with zero attached hydrogens (tertiary/aromatic N) is 4. The van der Waals surface area contributed by atoms with E-state index in [2.05, 4.69) is 132 Å². The standard InChI is InChI=1S/C37H48N4S/c1-5-6-7-8-9-10-11-12-13-18-27-41-32-22-15-14-21-31(32)40(4)37(41)34-29-30(26-28-38(34)2)20-19-25-36-39(3)33-23-16-17-24-35(33)42-36/h14-17,19-26,28-29H,5-13,18,27H2,1-4H3/q+2. The molecule has 0 atom stereocenters. The van der Waals surface area contributed by atoms with Gasteiger partial charge in [0.25, 0.3) is 5.69 Å². The van der Waals surface area contributed by atoms with E-state index in [-0.39, 0.29) is 0 Å². The number of para-hydroxylation sites is 3. The summed E-state index contributed by atoms with van der Waals surface area (Å²) < 4.78 is 7.18. The number of hydrogen-bond acceptors (Lipinski definition) is 2. The van der Waals surface area contributed by atoms with Crippen LogP contribution in [-0.4, -0.2) is 11.6 Å². The molecule has 0 bridgehead atoms. The van der Waals surface area contributed by atoms with Gasteiger partial charge in [0.15, 0.2) is 17.2 Å². The maximum absolute atomic E-state index is 2.55. The summed E-state index contributed by atoms with van der Waals surface area (Å²) in [5.74, 6) is 1.27. The lowest BCUT2D eigenvalue weighted by atomic mass is 10.1. The third-order valence-corrected chi connectivity index (χ3v) is 9.73. The van der Waals surface area contributed by atoms with E-state index >= 15 is 0 Å². The number of rotatable bonds is 14. The van der Waals surface area contributed by atoms with Crippen LogP contribution in [0.15, 0.2) is 88.9 Å². The largest absolute Gasteiger partial charge is 0.355 e. The van der Waals surface area contributed by atoms with Crippen LogP contribution >= 0.6 is 11.8 Å². The first-order valence-electron chi connectivity index (χ1n) is 15.9. The van der Waals surface area contributed by atoms with Gasteiger partial charge in [0.1, 0.15) is 7.05 Å². The van der Waals surface area contributed by atoms with E-state index in [1.54, 1.807) is 0 Å². The van der Waals surface area contributed by atoms with Gasteiger partial charge in [-0.2, -0.15) is 4.57 Å². The molecular weight excluding hydrogens is 533 g/mol. The molecule has 2 aromatic heterocycles. The Kier molecular flexibility index (Phi) is 10.6. The summed E-state index contributed by atoms with van der Waals surface area (Å²) in [6.45, 7) is 3.34. The lowest BCUT2D eigenvalue weighted by Gasteiger charge is -2.12. The Morgan fingerprint density at radius 3 is 2.26 bits per heavy atom. The van der Waals surface area contributed by atoms with Gasteiger partial charge in [0.2, 0.25) is 0 Å². The third-order valence-electron chi connectivity index (χ3n) is 8.54. The number of aromatic nitrogens is 3. The summed E-state index contributed by atoms with van der Waals surface area (Å²) in [7, 11) is 6.52. The minimum Gasteiger partial charge on any atom is -0.338 e. The second-order valence-electron chi connectivity index (χ2n) is 11.7. The molecular formula is C37H48N4S+2. The molecule has 0 radical (unpaired) electrons. The van der Waals surface area contributed by atoms with Gasteiger partial charge in [-0.15, -0.1) is 0 Å². The van der Waals surface area contributed by atoms with Gasteiger partial charge in [-0.3, -0.25) is 0 Å². The Morgan fingerprint density at radius 1 is 0.810 bits per heavy atom. The quantitative estimate of drug-likeness (QED) is 0.109. The molecule has 0 spiro atoms. The highest BCUT2D eigenvalue weighted by Crippen LogP contribution is 2.44. The molecule has 0 saturated carbocycles. The predicted octanol–water partition coefficient (Wildman–Crippen LogP) is 8.97. The van der Waals surface area contributed by atoms with Crippen LogP contribution in [0.4, 0.5) is 5.69 Å². The monoisotopic (exact) mass is 580 g/mol. The van der Waals surface area contributed by atoms with Crippen LogP contribution in [0.3, 0.4) is 0 Å². The molecule has 42 heavy (non-hydrogen) atoms. The molecule has 2 aromatic carbocycles. The van der Waals surface area contributed by atoms with Crippen LogP contribution in [0.1, 0.15) is 76.7 Å². The van der Waals surface area contributed by atoms with Crippen LogP contribution < -0.4 is 14.0 Å². The summed E-state index contributed by atoms with van der Waals surface area (Å²) >= 11 is 1.83. The van der Waals surface area contributed by atoms with E-state index in [9.17, 15) is 0 Å². The second kappa shape index (κ2) is 14.7. The van der Waals surface area contributed by atoms with Gasteiger partial charge in [0.05, 0.1) is 24.3 Å². The number of benzene rings is 2. The van der Waals surface area contributed by atoms with Crippen molar-refractivity contribution in [2.24, 2.45) is 14.1 Å².